The van der Waals surface area contributed by atoms with E-state index in [2.05, 4.69) is 0 Å². The fraction of sp³-hybridized carbons (Fsp3) is 0.452. The molecular weight excluding hydrogens is 583 g/mol. The van der Waals surface area contributed by atoms with E-state index in [-0.39, 0.29) is 54.6 Å². The molecule has 4 aliphatic rings. The van der Waals surface area contributed by atoms with Gasteiger partial charge in [-0.25, -0.2) is 0 Å². The van der Waals surface area contributed by atoms with Crippen molar-refractivity contribution in [2.75, 3.05) is 20.6 Å². The topological polar surface area (TPSA) is 165 Å². The molecule has 10 nitrogen and oxygen atoms in total. The number of likely N-dealkylation sites (N-methyl/N-ethyl adjacent to an activating group) is 1. The molecule has 1 saturated carbocycles. The van der Waals surface area contributed by atoms with Gasteiger partial charge in [-0.05, 0) is 74.8 Å². The number of aliphatic hydroxyl groups is 3. The number of primary amides is 1. The van der Waals surface area contributed by atoms with Crippen molar-refractivity contribution < 1.29 is 48.0 Å². The lowest BCUT2D eigenvalue weighted by Crippen LogP contribution is -2.65. The monoisotopic (exact) mass is 615 g/mol. The molecule has 2 aromatic rings. The van der Waals surface area contributed by atoms with Gasteiger partial charge in [0.15, 0.2) is 11.4 Å². The molecule has 0 unspecified atom stereocenters. The van der Waals surface area contributed by atoms with Crippen LogP contribution in [-0.2, 0) is 27.3 Å². The number of hydrogen-bond acceptors (Lipinski definition) is 9. The summed E-state index contributed by atoms with van der Waals surface area (Å²) in [5.41, 5.74) is 2.39. The first-order valence-corrected chi connectivity index (χ1v) is 14.3. The molecule has 6 N–H and O–H groups in total. The summed E-state index contributed by atoms with van der Waals surface area (Å²) in [6.45, 7) is 0.274. The van der Waals surface area contributed by atoms with E-state index in [1.54, 1.807) is 24.3 Å². The van der Waals surface area contributed by atoms with Gasteiger partial charge >= 0.3 is 6.18 Å². The third-order valence-electron chi connectivity index (χ3n) is 9.72. The Morgan fingerprint density at radius 2 is 1.86 bits per heavy atom. The maximum absolute atomic E-state index is 14.0. The van der Waals surface area contributed by atoms with Gasteiger partial charge < -0.3 is 26.2 Å². The zero-order valence-electron chi connectivity index (χ0n) is 24.0. The molecule has 0 spiro atoms. The van der Waals surface area contributed by atoms with Gasteiger partial charge in [-0.3, -0.25) is 24.2 Å². The fourth-order valence-electron chi connectivity index (χ4n) is 7.78. The Labute approximate surface area is 249 Å². The van der Waals surface area contributed by atoms with Crippen LogP contribution in [0.15, 0.2) is 41.2 Å². The summed E-state index contributed by atoms with van der Waals surface area (Å²) < 4.78 is 40.5. The van der Waals surface area contributed by atoms with Crippen LogP contribution in [0.1, 0.15) is 36.0 Å². The second-order valence-corrected chi connectivity index (χ2v) is 12.4. The van der Waals surface area contributed by atoms with E-state index in [1.807, 2.05) is 0 Å². The summed E-state index contributed by atoms with van der Waals surface area (Å²) in [6, 6.07) is 3.91. The minimum Gasteiger partial charge on any atom is -0.508 e. The summed E-state index contributed by atoms with van der Waals surface area (Å²) >= 11 is 0. The molecule has 13 heteroatoms. The highest BCUT2D eigenvalue weighted by Gasteiger charge is 2.64. The number of nitrogens with zero attached hydrogens (tertiary/aromatic N) is 2. The molecule has 5 atom stereocenters. The minimum atomic E-state index is -4.36. The van der Waals surface area contributed by atoms with Crippen LogP contribution >= 0.6 is 0 Å². The summed E-state index contributed by atoms with van der Waals surface area (Å²) in [4.78, 5) is 42.1. The number of likely N-dealkylation sites (tertiary alicyclic amines) is 1. The first-order chi connectivity index (χ1) is 20.6. The van der Waals surface area contributed by atoms with Crippen LogP contribution in [0.4, 0.5) is 13.2 Å². The van der Waals surface area contributed by atoms with Gasteiger partial charge in [-0.1, -0.05) is 18.2 Å². The number of Topliss-reactive ketones (excluding diaryl/α,β-unsaturated/α-hetero) is 2. The van der Waals surface area contributed by atoms with E-state index in [9.17, 15) is 48.0 Å². The summed E-state index contributed by atoms with van der Waals surface area (Å²) in [7, 11) is 3.05. The van der Waals surface area contributed by atoms with Crippen molar-refractivity contribution in [3.8, 4) is 5.75 Å². The Balaban J connectivity index is 1.45. The van der Waals surface area contributed by atoms with E-state index in [1.165, 1.54) is 23.9 Å². The highest BCUT2D eigenvalue weighted by molar-refractivity contribution is 6.24. The molecule has 1 heterocycles. The number of phenolic OH excluding ortho intramolecular Hbond substituents is 1. The van der Waals surface area contributed by atoms with E-state index in [0.29, 0.717) is 22.9 Å². The molecule has 1 saturated heterocycles. The number of rotatable bonds is 4. The van der Waals surface area contributed by atoms with Gasteiger partial charge in [-0.15, -0.1) is 0 Å². The van der Waals surface area contributed by atoms with Gasteiger partial charge in [0, 0.05) is 23.4 Å². The maximum atomic E-state index is 14.0. The standard InChI is InChI=1S/C31H32F3N3O7/c1-36(2)23-18-11-16-10-15-9-14-6-5-13(12-37-7-3-4-19(37)31(32,33)34)8-17(14)24(38)20(15)25(39)21(16)27(41)30(18,44)28(42)22(26(23)40)29(35)43/h5-6,8-9,16,18-19,23,38-39,42,44H,3-4,7,10-12H2,1-2H3,(H2,35,43)/t16-,18-,19-,23-,30-/m0/s1. The number of alkyl halides is 3. The van der Waals surface area contributed by atoms with Crippen LogP contribution in [0.3, 0.4) is 0 Å². The first-order valence-electron chi connectivity index (χ1n) is 14.3. The highest BCUT2D eigenvalue weighted by atomic mass is 19.4. The van der Waals surface area contributed by atoms with E-state index in [4.69, 9.17) is 5.73 Å². The summed E-state index contributed by atoms with van der Waals surface area (Å²) in [6.07, 6.45) is -3.83. The number of amides is 1. The lowest BCUT2D eigenvalue weighted by molar-refractivity contribution is -0.177. The third kappa shape index (κ3) is 4.24. The van der Waals surface area contributed by atoms with Crippen molar-refractivity contribution in [3.05, 3.63) is 57.9 Å². The molecule has 6 rings (SSSR count). The lowest BCUT2D eigenvalue weighted by Gasteiger charge is -2.50. The number of aromatic hydroxyl groups is 1. The van der Waals surface area contributed by atoms with Crippen LogP contribution in [0, 0.1) is 11.8 Å². The number of hydrogen-bond donors (Lipinski definition) is 5. The fourth-order valence-corrected chi connectivity index (χ4v) is 7.78. The molecule has 234 valence electrons. The number of aliphatic hydroxyl groups excluding tert-OH is 2. The molecule has 2 fully saturated rings. The first kappa shape index (κ1) is 30.1. The molecule has 0 aromatic heterocycles. The SMILES string of the molecule is CN(C)[C@@H]1C(=O)C(C(N)=O)=C(O)[C@@]2(O)C(=O)C3=C(O)c4c(cc5ccc(CN6CCC[C@H]6C(F)(F)F)cc5c4O)C[C@H]3C[C@@H]12. The summed E-state index contributed by atoms with van der Waals surface area (Å²) in [5, 5.41) is 46.4. The zero-order chi connectivity index (χ0) is 32.0. The predicted molar refractivity (Wildman–Crippen MR) is 151 cm³/mol. The Kier molecular flexibility index (Phi) is 6.87. The van der Waals surface area contributed by atoms with Crippen molar-refractivity contribution in [3.63, 3.8) is 0 Å². The predicted octanol–water partition coefficient (Wildman–Crippen LogP) is 2.64. The number of carbonyl (C=O) groups excluding carboxylic acids is 3. The summed E-state index contributed by atoms with van der Waals surface area (Å²) in [5.74, 6) is -7.32. The number of fused-ring (bicyclic) bond motifs is 4. The molecule has 0 radical (unpaired) electrons. The van der Waals surface area contributed by atoms with Crippen LogP contribution in [0.25, 0.3) is 16.5 Å². The van der Waals surface area contributed by atoms with Gasteiger partial charge in [0.1, 0.15) is 28.9 Å². The quantitative estimate of drug-likeness (QED) is 0.325. The van der Waals surface area contributed by atoms with Crippen LogP contribution in [0.5, 0.6) is 5.75 Å². The number of nitrogens with two attached hydrogens (primary N) is 1. The van der Waals surface area contributed by atoms with Crippen molar-refractivity contribution >= 4 is 34.0 Å². The van der Waals surface area contributed by atoms with Gasteiger partial charge in [-0.2, -0.15) is 13.2 Å². The molecule has 2 aromatic carbocycles. The smallest absolute Gasteiger partial charge is 0.404 e. The number of carbonyl (C=O) groups is 3. The van der Waals surface area contributed by atoms with Gasteiger partial charge in [0.05, 0.1) is 11.6 Å². The number of ketones is 2. The second-order valence-electron chi connectivity index (χ2n) is 12.4. The Bertz CT molecular complexity index is 1700. The van der Waals surface area contributed by atoms with Crippen LogP contribution in [-0.4, -0.2) is 92.2 Å². The van der Waals surface area contributed by atoms with E-state index < -0.39 is 70.3 Å². The highest BCUT2D eigenvalue weighted by Crippen LogP contribution is 2.53. The number of benzene rings is 2. The van der Waals surface area contributed by atoms with E-state index >= 15 is 0 Å². The molecule has 44 heavy (non-hydrogen) atoms. The van der Waals surface area contributed by atoms with Crippen molar-refractivity contribution in [2.45, 2.75) is 56.1 Å². The average Bonchev–Trinajstić information content (AvgIpc) is 3.39. The van der Waals surface area contributed by atoms with E-state index in [0.717, 1.165) is 0 Å². The van der Waals surface area contributed by atoms with Crippen molar-refractivity contribution in [1.82, 2.24) is 9.80 Å². The molecule has 1 amide bonds. The molecule has 1 aliphatic heterocycles. The molecule has 3 aliphatic carbocycles. The normalized spacial score (nSPS) is 29.3. The Morgan fingerprint density at radius 3 is 2.50 bits per heavy atom. The third-order valence-corrected chi connectivity index (χ3v) is 9.72. The Morgan fingerprint density at radius 1 is 1.16 bits per heavy atom. The minimum absolute atomic E-state index is 0.00172. The average molecular weight is 616 g/mol. The number of halogens is 3. The van der Waals surface area contributed by atoms with Crippen molar-refractivity contribution in [2.24, 2.45) is 17.6 Å². The molecular formula is C31H32F3N3O7. The Hall–Kier alpha value is -3.94. The molecule has 0 bridgehead atoms. The number of phenols is 1. The van der Waals surface area contributed by atoms with Crippen LogP contribution in [0.2, 0.25) is 0 Å². The zero-order valence-corrected chi connectivity index (χ0v) is 24.0. The van der Waals surface area contributed by atoms with Gasteiger partial charge in [0.25, 0.3) is 5.91 Å². The second kappa shape index (κ2) is 10.0. The van der Waals surface area contributed by atoms with Crippen molar-refractivity contribution in [1.29, 1.82) is 0 Å². The van der Waals surface area contributed by atoms with Gasteiger partial charge in [0.2, 0.25) is 5.78 Å². The van der Waals surface area contributed by atoms with Crippen LogP contribution < -0.4 is 5.73 Å². The largest absolute Gasteiger partial charge is 0.508 e. The lowest BCUT2D eigenvalue weighted by atomic mass is 9.57. The maximum Gasteiger partial charge on any atom is 0.404 e.